The van der Waals surface area contributed by atoms with Crippen molar-refractivity contribution in [3.63, 3.8) is 0 Å². The van der Waals surface area contributed by atoms with Crippen molar-refractivity contribution in [2.24, 2.45) is 5.10 Å². The molecule has 6 nitrogen and oxygen atoms in total. The number of ether oxygens (including phenoxy) is 1. The maximum Gasteiger partial charge on any atom is 0.267 e. The van der Waals surface area contributed by atoms with Crippen LogP contribution in [0.25, 0.3) is 0 Å². The Morgan fingerprint density at radius 1 is 1.47 bits per heavy atom. The van der Waals surface area contributed by atoms with E-state index in [1.54, 1.807) is 0 Å². The molecule has 1 aliphatic rings. The van der Waals surface area contributed by atoms with E-state index in [4.69, 9.17) is 4.74 Å². The third kappa shape index (κ3) is 5.44. The topological polar surface area (TPSA) is 79.8 Å². The summed E-state index contributed by atoms with van der Waals surface area (Å²) in [6.07, 6.45) is 2.85. The van der Waals surface area contributed by atoms with Crippen molar-refractivity contribution in [2.45, 2.75) is 32.6 Å². The molecule has 0 fully saturated rings. The van der Waals surface area contributed by atoms with E-state index < -0.39 is 0 Å². The van der Waals surface area contributed by atoms with Gasteiger partial charge in [0.1, 0.15) is 5.71 Å². The van der Waals surface area contributed by atoms with E-state index in [-0.39, 0.29) is 11.8 Å². The quantitative estimate of drug-likeness (QED) is 0.624. The second kappa shape index (κ2) is 7.78. The molecule has 1 rings (SSSR count). The predicted molar refractivity (Wildman–Crippen MR) is 63.5 cm³/mol. The number of hydrogen-bond donors (Lipinski definition) is 2. The summed E-state index contributed by atoms with van der Waals surface area (Å²) in [6.45, 7) is 3.80. The number of hydrazone groups is 1. The average molecular weight is 241 g/mol. The fourth-order valence-corrected chi connectivity index (χ4v) is 1.33. The van der Waals surface area contributed by atoms with Gasteiger partial charge in [-0.25, -0.2) is 5.43 Å². The molecule has 0 radical (unpaired) electrons. The lowest BCUT2D eigenvalue weighted by Gasteiger charge is -2.11. The highest BCUT2D eigenvalue weighted by molar-refractivity contribution is 6.39. The lowest BCUT2D eigenvalue weighted by Crippen LogP contribution is -2.38. The van der Waals surface area contributed by atoms with Crippen LogP contribution in [0.4, 0.5) is 0 Å². The van der Waals surface area contributed by atoms with Gasteiger partial charge in [-0.15, -0.1) is 0 Å². The van der Waals surface area contributed by atoms with Crippen LogP contribution in [0.5, 0.6) is 0 Å². The van der Waals surface area contributed by atoms with E-state index in [1.807, 2.05) is 0 Å². The second-order valence-corrected chi connectivity index (χ2v) is 3.82. The molecular weight excluding hydrogens is 222 g/mol. The highest BCUT2D eigenvalue weighted by atomic mass is 16.5. The Morgan fingerprint density at radius 3 is 2.94 bits per heavy atom. The first-order valence-corrected chi connectivity index (χ1v) is 5.95. The summed E-state index contributed by atoms with van der Waals surface area (Å²) in [7, 11) is 0. The molecule has 0 aromatic carbocycles. The van der Waals surface area contributed by atoms with Gasteiger partial charge in [0.15, 0.2) is 0 Å². The molecule has 17 heavy (non-hydrogen) atoms. The highest BCUT2D eigenvalue weighted by Gasteiger charge is 2.17. The summed E-state index contributed by atoms with van der Waals surface area (Å²) < 4.78 is 5.30. The Labute approximate surface area is 101 Å². The molecule has 0 saturated heterocycles. The molecule has 0 unspecified atom stereocenters. The first kappa shape index (κ1) is 13.6. The van der Waals surface area contributed by atoms with Crippen molar-refractivity contribution in [3.8, 4) is 0 Å². The van der Waals surface area contributed by atoms with Crippen LogP contribution < -0.4 is 10.7 Å². The Balaban J connectivity index is 2.11. The minimum absolute atomic E-state index is 0.149. The summed E-state index contributed by atoms with van der Waals surface area (Å²) in [5.74, 6) is -0.381. The summed E-state index contributed by atoms with van der Waals surface area (Å²) in [4.78, 5) is 22.4. The first-order valence-electron chi connectivity index (χ1n) is 5.95. The van der Waals surface area contributed by atoms with E-state index in [2.05, 4.69) is 22.8 Å². The molecule has 0 aliphatic carbocycles. The standard InChI is InChI=1S/C11H19N3O3/c1-2-3-7-17-8-6-12-11(16)9-4-5-10(15)14-13-9/h2-8H2,1H3,(H,12,16)(H,14,15). The molecule has 0 spiro atoms. The highest BCUT2D eigenvalue weighted by Crippen LogP contribution is 1.99. The average Bonchev–Trinajstić information content (AvgIpc) is 2.34. The van der Waals surface area contributed by atoms with Crippen molar-refractivity contribution in [3.05, 3.63) is 0 Å². The number of hydrogen-bond acceptors (Lipinski definition) is 4. The SMILES string of the molecule is CCCCOCCNC(=O)C1=NNC(=O)CC1. The van der Waals surface area contributed by atoms with Gasteiger partial charge in [0.2, 0.25) is 5.91 Å². The zero-order valence-electron chi connectivity index (χ0n) is 10.1. The molecule has 0 saturated carbocycles. The van der Waals surface area contributed by atoms with Crippen molar-refractivity contribution in [1.82, 2.24) is 10.7 Å². The van der Waals surface area contributed by atoms with Crippen molar-refractivity contribution in [2.75, 3.05) is 19.8 Å². The Kier molecular flexibility index (Phi) is 6.24. The normalized spacial score (nSPS) is 15.1. The van der Waals surface area contributed by atoms with Crippen LogP contribution in [0.1, 0.15) is 32.6 Å². The molecule has 0 aromatic heterocycles. The Bertz CT molecular complexity index is 302. The zero-order chi connectivity index (χ0) is 12.5. The van der Waals surface area contributed by atoms with E-state index >= 15 is 0 Å². The second-order valence-electron chi connectivity index (χ2n) is 3.82. The van der Waals surface area contributed by atoms with Crippen LogP contribution in [0.15, 0.2) is 5.10 Å². The number of nitrogens with one attached hydrogen (secondary N) is 2. The van der Waals surface area contributed by atoms with Crippen molar-refractivity contribution < 1.29 is 14.3 Å². The molecule has 1 aliphatic heterocycles. The van der Waals surface area contributed by atoms with Crippen LogP contribution in [0, 0.1) is 0 Å². The number of amides is 2. The number of rotatable bonds is 7. The third-order valence-corrected chi connectivity index (χ3v) is 2.34. The van der Waals surface area contributed by atoms with Gasteiger partial charge in [-0.2, -0.15) is 5.10 Å². The molecular formula is C11H19N3O3. The smallest absolute Gasteiger partial charge is 0.267 e. The Hall–Kier alpha value is -1.43. The third-order valence-electron chi connectivity index (χ3n) is 2.34. The summed E-state index contributed by atoms with van der Waals surface area (Å²) in [5, 5.41) is 6.40. The fourth-order valence-electron chi connectivity index (χ4n) is 1.33. The van der Waals surface area contributed by atoms with Gasteiger partial charge in [0.05, 0.1) is 6.61 Å². The van der Waals surface area contributed by atoms with Gasteiger partial charge in [0.25, 0.3) is 5.91 Å². The summed E-state index contributed by atoms with van der Waals surface area (Å²) in [6, 6.07) is 0. The van der Waals surface area contributed by atoms with Gasteiger partial charge < -0.3 is 10.1 Å². The monoisotopic (exact) mass is 241 g/mol. The largest absolute Gasteiger partial charge is 0.380 e. The predicted octanol–water partition coefficient (Wildman–Crippen LogP) is 0.185. The van der Waals surface area contributed by atoms with Gasteiger partial charge in [0, 0.05) is 26.0 Å². The van der Waals surface area contributed by atoms with Crippen LogP contribution in [-0.4, -0.2) is 37.3 Å². The van der Waals surface area contributed by atoms with E-state index in [0.29, 0.717) is 31.7 Å². The number of nitrogens with zero attached hydrogens (tertiary/aromatic N) is 1. The van der Waals surface area contributed by atoms with Crippen LogP contribution >= 0.6 is 0 Å². The fraction of sp³-hybridized carbons (Fsp3) is 0.727. The minimum Gasteiger partial charge on any atom is -0.380 e. The number of carbonyl (C=O) groups is 2. The Morgan fingerprint density at radius 2 is 2.29 bits per heavy atom. The molecule has 0 atom stereocenters. The molecule has 96 valence electrons. The van der Waals surface area contributed by atoms with Crippen LogP contribution in [0.3, 0.4) is 0 Å². The van der Waals surface area contributed by atoms with E-state index in [1.165, 1.54) is 0 Å². The van der Waals surface area contributed by atoms with Gasteiger partial charge in [-0.1, -0.05) is 13.3 Å². The first-order chi connectivity index (χ1) is 8.24. The summed E-state index contributed by atoms with van der Waals surface area (Å²) >= 11 is 0. The van der Waals surface area contributed by atoms with Crippen molar-refractivity contribution >= 4 is 17.5 Å². The van der Waals surface area contributed by atoms with Gasteiger partial charge in [-0.05, 0) is 6.42 Å². The molecule has 0 bridgehead atoms. The minimum atomic E-state index is -0.232. The van der Waals surface area contributed by atoms with Gasteiger partial charge in [-0.3, -0.25) is 9.59 Å². The molecule has 6 heteroatoms. The zero-order valence-corrected chi connectivity index (χ0v) is 10.1. The molecule has 2 N–H and O–H groups in total. The number of carbonyl (C=O) groups excluding carboxylic acids is 2. The lowest BCUT2D eigenvalue weighted by atomic mass is 10.1. The molecule has 1 heterocycles. The van der Waals surface area contributed by atoms with Crippen LogP contribution in [0.2, 0.25) is 0 Å². The number of unbranched alkanes of at least 4 members (excludes halogenated alkanes) is 1. The summed E-state index contributed by atoms with van der Waals surface area (Å²) in [5.41, 5.74) is 2.66. The van der Waals surface area contributed by atoms with Crippen LogP contribution in [-0.2, 0) is 14.3 Å². The van der Waals surface area contributed by atoms with E-state index in [9.17, 15) is 9.59 Å². The van der Waals surface area contributed by atoms with Gasteiger partial charge >= 0.3 is 0 Å². The molecule has 2 amide bonds. The van der Waals surface area contributed by atoms with E-state index in [0.717, 1.165) is 19.4 Å². The maximum absolute atomic E-state index is 11.5. The van der Waals surface area contributed by atoms with Crippen molar-refractivity contribution in [1.29, 1.82) is 0 Å². The lowest BCUT2D eigenvalue weighted by molar-refractivity contribution is -0.121. The molecule has 0 aromatic rings. The maximum atomic E-state index is 11.5.